The lowest BCUT2D eigenvalue weighted by Gasteiger charge is -2.30. The van der Waals surface area contributed by atoms with Gasteiger partial charge in [0.05, 0.1) is 33.8 Å². The minimum Gasteiger partial charge on any atom is -0.756 e. The van der Waals surface area contributed by atoms with Crippen LogP contribution in [0.2, 0.25) is 0 Å². The van der Waals surface area contributed by atoms with Gasteiger partial charge >= 0.3 is 5.97 Å². The van der Waals surface area contributed by atoms with Crippen LogP contribution >= 0.6 is 7.82 Å². The highest BCUT2D eigenvalue weighted by Gasteiger charge is 2.27. The molecule has 0 bridgehead atoms. The summed E-state index contributed by atoms with van der Waals surface area (Å²) in [6.45, 7) is 6.83. The van der Waals surface area contributed by atoms with Crippen LogP contribution in [0, 0.1) is 0 Å². The molecule has 0 heterocycles. The number of carbonyl (C=O) groups excluding carboxylic acids is 2. The zero-order valence-corrected chi connectivity index (χ0v) is 54.9. The van der Waals surface area contributed by atoms with Crippen molar-refractivity contribution in [3.8, 4) is 0 Å². The molecule has 3 atom stereocenters. The van der Waals surface area contributed by atoms with Gasteiger partial charge < -0.3 is 28.5 Å². The van der Waals surface area contributed by atoms with Gasteiger partial charge in [0.1, 0.15) is 19.3 Å². The molecule has 1 N–H and O–H groups in total. The van der Waals surface area contributed by atoms with Crippen molar-refractivity contribution < 1.29 is 37.3 Å². The number of unbranched alkanes of at least 4 members (excludes halogenated alkanes) is 36. The summed E-state index contributed by atoms with van der Waals surface area (Å²) < 4.78 is 30.4. The highest BCUT2D eigenvalue weighted by Crippen LogP contribution is 2.38. The van der Waals surface area contributed by atoms with E-state index in [9.17, 15) is 19.0 Å². The molecule has 472 valence electrons. The summed E-state index contributed by atoms with van der Waals surface area (Å²) in [6, 6.07) is -0.896. The van der Waals surface area contributed by atoms with Gasteiger partial charge in [-0.15, -0.1) is 0 Å². The van der Waals surface area contributed by atoms with Crippen molar-refractivity contribution in [3.63, 3.8) is 0 Å². The molecule has 0 saturated carbocycles. The number of phosphoric acid groups is 1. The molecule has 1 amide bonds. The van der Waals surface area contributed by atoms with Crippen molar-refractivity contribution in [1.29, 1.82) is 0 Å². The first kappa shape index (κ1) is 78.5. The molecule has 9 nitrogen and oxygen atoms in total. The van der Waals surface area contributed by atoms with Gasteiger partial charge in [0.2, 0.25) is 5.91 Å². The predicted octanol–water partition coefficient (Wildman–Crippen LogP) is 20.9. The molecule has 3 unspecified atom stereocenters. The molecule has 0 aliphatic heterocycles. The van der Waals surface area contributed by atoms with Crippen molar-refractivity contribution in [2.45, 2.75) is 328 Å². The Morgan fingerprint density at radius 3 is 1.16 bits per heavy atom. The number of nitrogens with one attached hydrogen (secondary N) is 1. The van der Waals surface area contributed by atoms with Crippen LogP contribution in [0.5, 0.6) is 0 Å². The van der Waals surface area contributed by atoms with E-state index in [0.29, 0.717) is 17.4 Å². The summed E-state index contributed by atoms with van der Waals surface area (Å²) in [5.74, 6) is -0.546. The Hall–Kier alpha value is -2.55. The molecule has 0 aliphatic rings. The normalized spacial score (nSPS) is 14.0. The van der Waals surface area contributed by atoms with Crippen LogP contribution in [0.15, 0.2) is 72.9 Å². The zero-order chi connectivity index (χ0) is 59.3. The SMILES string of the molecule is CCCCC/C=C\C/C=C\C/C=C\C/C=C\CCCCCCCCCCCC(=O)NC(COP(=O)([O-])OCC[N+](C)(C)C)C(/C=C\CCCCCCCCCCCCC)OC(=O)CCCCCCCCC/C=C/CCCCCCCC. The number of ether oxygens (including phenoxy) is 1. The molecular formula is C71H131N2O7P. The fourth-order valence-electron chi connectivity index (χ4n) is 9.80. The van der Waals surface area contributed by atoms with E-state index in [2.05, 4.69) is 86.8 Å². The largest absolute Gasteiger partial charge is 0.756 e. The van der Waals surface area contributed by atoms with Gasteiger partial charge in [0.15, 0.2) is 0 Å². The van der Waals surface area contributed by atoms with E-state index >= 15 is 0 Å². The molecule has 10 heteroatoms. The maximum Gasteiger partial charge on any atom is 0.306 e. The van der Waals surface area contributed by atoms with Crippen LogP contribution in [0.25, 0.3) is 0 Å². The molecule has 0 aromatic carbocycles. The number of allylic oxidation sites excluding steroid dienone is 11. The molecule has 0 aromatic rings. The van der Waals surface area contributed by atoms with Gasteiger partial charge in [-0.1, -0.05) is 274 Å². The minimum absolute atomic E-state index is 0.0258. The number of nitrogens with zero attached hydrogens (tertiary/aromatic N) is 1. The van der Waals surface area contributed by atoms with Crippen molar-refractivity contribution in [2.24, 2.45) is 0 Å². The van der Waals surface area contributed by atoms with Crippen LogP contribution in [0.1, 0.15) is 316 Å². The number of esters is 1. The van der Waals surface area contributed by atoms with E-state index in [1.165, 1.54) is 180 Å². The maximum atomic E-state index is 13.6. The Balaban J connectivity index is 5.16. The van der Waals surface area contributed by atoms with Crippen molar-refractivity contribution in [3.05, 3.63) is 72.9 Å². The van der Waals surface area contributed by atoms with E-state index in [1.807, 2.05) is 33.3 Å². The van der Waals surface area contributed by atoms with E-state index in [0.717, 1.165) is 103 Å². The quantitative estimate of drug-likeness (QED) is 0.0212. The van der Waals surface area contributed by atoms with E-state index in [1.54, 1.807) is 0 Å². The van der Waals surface area contributed by atoms with Crippen molar-refractivity contribution in [2.75, 3.05) is 40.9 Å². The second kappa shape index (κ2) is 60.6. The van der Waals surface area contributed by atoms with Crippen LogP contribution in [0.4, 0.5) is 0 Å². The summed E-state index contributed by atoms with van der Waals surface area (Å²) >= 11 is 0. The number of hydrogen-bond donors (Lipinski definition) is 1. The maximum absolute atomic E-state index is 13.6. The van der Waals surface area contributed by atoms with Crippen LogP contribution in [0.3, 0.4) is 0 Å². The van der Waals surface area contributed by atoms with Crippen LogP contribution < -0.4 is 10.2 Å². The summed E-state index contributed by atoms with van der Waals surface area (Å²) in [5, 5.41) is 3.04. The van der Waals surface area contributed by atoms with Gasteiger partial charge in [-0.05, 0) is 102 Å². The monoisotopic (exact) mass is 1150 g/mol. The fraction of sp³-hybridized carbons (Fsp3) is 0.803. The third-order valence-electron chi connectivity index (χ3n) is 15.1. The number of amides is 1. The van der Waals surface area contributed by atoms with E-state index in [-0.39, 0.29) is 24.9 Å². The van der Waals surface area contributed by atoms with Gasteiger partial charge in [-0.25, -0.2) is 0 Å². The summed E-state index contributed by atoms with van der Waals surface area (Å²) in [6.07, 6.45) is 78.7. The minimum atomic E-state index is -4.71. The molecule has 0 aromatic heterocycles. The molecule has 0 rings (SSSR count). The number of hydrogen-bond acceptors (Lipinski definition) is 7. The third-order valence-corrected chi connectivity index (χ3v) is 16.1. The molecular weight excluding hydrogens is 1020 g/mol. The highest BCUT2D eigenvalue weighted by molar-refractivity contribution is 7.45. The molecule has 81 heavy (non-hydrogen) atoms. The fourth-order valence-corrected chi connectivity index (χ4v) is 10.5. The smallest absolute Gasteiger partial charge is 0.306 e. The number of likely N-dealkylation sites (N-methyl/N-ethyl adjacent to an activating group) is 1. The summed E-state index contributed by atoms with van der Waals surface area (Å²) in [7, 11) is 1.18. The third kappa shape index (κ3) is 61.8. The molecule has 0 saturated heterocycles. The number of rotatable bonds is 62. The average Bonchev–Trinajstić information content (AvgIpc) is 3.44. The topological polar surface area (TPSA) is 114 Å². The Morgan fingerprint density at radius 2 is 0.753 bits per heavy atom. The van der Waals surface area contributed by atoms with E-state index in [4.69, 9.17) is 13.8 Å². The number of phosphoric ester groups is 1. The predicted molar refractivity (Wildman–Crippen MR) is 348 cm³/mol. The van der Waals surface area contributed by atoms with Gasteiger partial charge in [0.25, 0.3) is 7.82 Å². The Labute approximate surface area is 502 Å². The standard InChI is InChI=1S/C71H131N2O7P/c1-7-10-13-16-19-22-25-28-30-32-33-34-35-36-37-38-39-41-42-45-48-51-54-57-60-63-70(74)72-68(67-79-81(76,77)78-66-65-73(4,5)6)69(62-59-56-53-50-47-44-27-24-21-18-15-12-9-3)80-71(75)64-61-58-55-52-49-46-43-40-31-29-26-23-20-17-14-11-8-2/h19,22,28-31,33-34,36-37,59,62,68-69H,7-18,20-21,23-27,32,35,38-58,60-61,63-67H2,1-6H3,(H-,72,74,76,77)/b22-19-,30-28-,31-29+,34-33-,37-36-,62-59-. The highest BCUT2D eigenvalue weighted by atomic mass is 31.2. The van der Waals surface area contributed by atoms with Gasteiger partial charge in [-0.3, -0.25) is 14.2 Å². The Kier molecular flexibility index (Phi) is 58.7. The first-order valence-electron chi connectivity index (χ1n) is 34.2. The summed E-state index contributed by atoms with van der Waals surface area (Å²) in [4.78, 5) is 40.1. The van der Waals surface area contributed by atoms with Crippen LogP contribution in [-0.4, -0.2) is 69.4 Å². The van der Waals surface area contributed by atoms with Crippen LogP contribution in [-0.2, 0) is 27.9 Å². The summed E-state index contributed by atoms with van der Waals surface area (Å²) in [5.41, 5.74) is 0. The first-order valence-corrected chi connectivity index (χ1v) is 35.7. The lowest BCUT2D eigenvalue weighted by atomic mass is 10.0. The zero-order valence-electron chi connectivity index (χ0n) is 54.0. The first-order chi connectivity index (χ1) is 39.4. The van der Waals surface area contributed by atoms with E-state index < -0.39 is 26.6 Å². The number of carbonyl (C=O) groups is 2. The Morgan fingerprint density at radius 1 is 0.432 bits per heavy atom. The second-order valence-electron chi connectivity index (χ2n) is 24.3. The van der Waals surface area contributed by atoms with Crippen molar-refractivity contribution in [1.82, 2.24) is 5.32 Å². The lowest BCUT2D eigenvalue weighted by molar-refractivity contribution is -0.870. The van der Waals surface area contributed by atoms with Gasteiger partial charge in [0, 0.05) is 12.8 Å². The molecule has 0 radical (unpaired) electrons. The average molecular weight is 1160 g/mol. The van der Waals surface area contributed by atoms with Crippen molar-refractivity contribution >= 4 is 19.7 Å². The Bertz CT molecular complexity index is 1620. The lowest BCUT2D eigenvalue weighted by Crippen LogP contribution is -2.47. The molecule has 0 spiro atoms. The molecule has 0 aliphatic carbocycles. The van der Waals surface area contributed by atoms with Gasteiger partial charge in [-0.2, -0.15) is 0 Å². The number of quaternary nitrogens is 1. The molecule has 0 fully saturated rings. The second-order valence-corrected chi connectivity index (χ2v) is 25.7.